The highest BCUT2D eigenvalue weighted by Gasteiger charge is 2.23. The summed E-state index contributed by atoms with van der Waals surface area (Å²) in [5.41, 5.74) is 9.65. The molecule has 0 N–H and O–H groups in total. The molecule has 0 unspecified atom stereocenters. The van der Waals surface area contributed by atoms with Gasteiger partial charge in [0.2, 0.25) is 0 Å². The van der Waals surface area contributed by atoms with Crippen LogP contribution >= 0.6 is 0 Å². The maximum absolute atomic E-state index is 9.59. The van der Waals surface area contributed by atoms with E-state index in [1.54, 1.807) is 0 Å². The van der Waals surface area contributed by atoms with E-state index in [1.165, 1.54) is 5.56 Å². The van der Waals surface area contributed by atoms with Gasteiger partial charge >= 0.3 is 0 Å². The van der Waals surface area contributed by atoms with E-state index in [9.17, 15) is 2.74 Å². The maximum atomic E-state index is 9.59. The molecule has 10 rings (SSSR count). The van der Waals surface area contributed by atoms with Crippen LogP contribution in [0.15, 0.2) is 180 Å². The smallest absolute Gasteiger partial charge is 0.135 e. The van der Waals surface area contributed by atoms with Crippen LogP contribution in [0.5, 0.6) is 0 Å². The minimum Gasteiger partial charge on any atom is -0.456 e. The van der Waals surface area contributed by atoms with Crippen LogP contribution in [0.1, 0.15) is 35.9 Å². The van der Waals surface area contributed by atoms with Crippen molar-refractivity contribution < 1.29 is 14.0 Å². The van der Waals surface area contributed by atoms with Gasteiger partial charge in [-0.15, -0.1) is 0 Å². The fraction of sp³-hybridized carbons (Fsp3) is 0.0769. The number of para-hydroxylation sites is 1. The molecule has 9 aromatic carbocycles. The van der Waals surface area contributed by atoms with Crippen molar-refractivity contribution >= 4 is 54.3 Å². The molecule has 0 bridgehead atoms. The molecule has 0 atom stereocenters. The van der Waals surface area contributed by atoms with Crippen LogP contribution in [-0.4, -0.2) is 0 Å². The second-order valence-corrected chi connectivity index (χ2v) is 14.7. The Morgan fingerprint density at radius 3 is 1.68 bits per heavy atom. The van der Waals surface area contributed by atoms with Crippen molar-refractivity contribution in [2.75, 3.05) is 0 Å². The Morgan fingerprint density at radius 1 is 0.434 bits per heavy atom. The fourth-order valence-corrected chi connectivity index (χ4v) is 7.92. The van der Waals surface area contributed by atoms with Crippen molar-refractivity contribution in [3.63, 3.8) is 0 Å². The van der Waals surface area contributed by atoms with Gasteiger partial charge in [0, 0.05) is 10.8 Å². The summed E-state index contributed by atoms with van der Waals surface area (Å²) >= 11 is 0. The van der Waals surface area contributed by atoms with E-state index in [4.69, 9.17) is 11.3 Å². The lowest BCUT2D eigenvalue weighted by Gasteiger charge is -2.23. The zero-order chi connectivity index (χ0) is 41.8. The van der Waals surface area contributed by atoms with E-state index in [0.29, 0.717) is 5.56 Å². The molecule has 0 saturated carbocycles. The molecule has 53 heavy (non-hydrogen) atoms. The zero-order valence-corrected chi connectivity index (χ0v) is 29.6. The molecular formula is C52H38O. The molecular weight excluding hydrogens is 641 g/mol. The topological polar surface area (TPSA) is 13.1 Å². The van der Waals surface area contributed by atoms with E-state index in [2.05, 4.69) is 93.6 Å². The lowest BCUT2D eigenvalue weighted by molar-refractivity contribution is 0.590. The molecule has 0 spiro atoms. The van der Waals surface area contributed by atoms with Crippen LogP contribution in [0.2, 0.25) is 0 Å². The summed E-state index contributed by atoms with van der Waals surface area (Å²) in [5, 5.41) is 5.14. The van der Waals surface area contributed by atoms with Gasteiger partial charge in [-0.2, -0.15) is 0 Å². The van der Waals surface area contributed by atoms with Gasteiger partial charge in [0.05, 0.1) is 9.60 Å². The third-order valence-corrected chi connectivity index (χ3v) is 10.5. The standard InChI is InChI=1S/C52H38O/c1-52(2,3)38-28-25-34(26-29-38)39-20-12-21-40(36-27-30-48-46(32-36)41-15-10-11-22-47(41)53-48)50(39)51-44-18-8-6-16-42(44)49(43-17-7-9-19-45(43)51)37-24-23-33-13-4-5-14-35(33)31-37/h4-32H,1-3H3/i4D,5D,13D,14D,23D,24D,31D. The SMILES string of the molecule is [2H]c1c([2H])c([2H])c2c([2H])c(-c3c4ccccc4c(-c4c(-c5ccc(C(C)(C)C)cc5)cccc4-c4ccc5oc6ccccc6c5c4)c4ccccc34)c([2H])c([2H])c2c1[2H]. The molecule has 252 valence electrons. The summed E-state index contributed by atoms with van der Waals surface area (Å²) in [6, 6.07) is 43.0. The second-order valence-electron chi connectivity index (χ2n) is 14.7. The van der Waals surface area contributed by atoms with Gasteiger partial charge in [-0.05, 0) is 112 Å². The Labute approximate surface area is 319 Å². The lowest BCUT2D eigenvalue weighted by atomic mass is 9.80. The van der Waals surface area contributed by atoms with E-state index >= 15 is 0 Å². The average molecular weight is 686 g/mol. The summed E-state index contributed by atoms with van der Waals surface area (Å²) in [6.45, 7) is 6.63. The summed E-state index contributed by atoms with van der Waals surface area (Å²) in [6.07, 6.45) is 0. The highest BCUT2D eigenvalue weighted by molar-refractivity contribution is 6.24. The predicted molar refractivity (Wildman–Crippen MR) is 227 cm³/mol. The third kappa shape index (κ3) is 5.15. The quantitative estimate of drug-likeness (QED) is 0.168. The molecule has 1 heterocycles. The van der Waals surface area contributed by atoms with Gasteiger partial charge in [0.1, 0.15) is 11.2 Å². The minimum absolute atomic E-state index is 0.0298. The van der Waals surface area contributed by atoms with Gasteiger partial charge in [0.25, 0.3) is 0 Å². The van der Waals surface area contributed by atoms with Gasteiger partial charge in [-0.3, -0.25) is 0 Å². The molecule has 0 saturated heterocycles. The summed E-state index contributed by atoms with van der Waals surface area (Å²) in [5.74, 6) is 0. The second kappa shape index (κ2) is 12.1. The first-order chi connectivity index (χ1) is 28.8. The maximum Gasteiger partial charge on any atom is 0.135 e. The van der Waals surface area contributed by atoms with Crippen molar-refractivity contribution in [3.05, 3.63) is 181 Å². The molecule has 0 aliphatic carbocycles. The van der Waals surface area contributed by atoms with Crippen LogP contribution in [0.3, 0.4) is 0 Å². The number of furan rings is 1. The van der Waals surface area contributed by atoms with Crippen molar-refractivity contribution in [1.29, 1.82) is 0 Å². The predicted octanol–water partition coefficient (Wildman–Crippen LogP) is 15.0. The Hall–Kier alpha value is -6.44. The molecule has 10 aromatic rings. The largest absolute Gasteiger partial charge is 0.456 e. The van der Waals surface area contributed by atoms with Gasteiger partial charge in [-0.1, -0.05) is 172 Å². The summed E-state index contributed by atoms with van der Waals surface area (Å²) < 4.78 is 68.6. The van der Waals surface area contributed by atoms with E-state index < -0.39 is 24.2 Å². The first-order valence-electron chi connectivity index (χ1n) is 21.4. The van der Waals surface area contributed by atoms with Crippen molar-refractivity contribution in [3.8, 4) is 44.5 Å². The van der Waals surface area contributed by atoms with Gasteiger partial charge in [-0.25, -0.2) is 0 Å². The molecule has 0 aliphatic heterocycles. The highest BCUT2D eigenvalue weighted by Crippen LogP contribution is 2.50. The van der Waals surface area contributed by atoms with Gasteiger partial charge < -0.3 is 4.42 Å². The lowest BCUT2D eigenvalue weighted by Crippen LogP contribution is -2.10. The van der Waals surface area contributed by atoms with Gasteiger partial charge in [0.15, 0.2) is 0 Å². The van der Waals surface area contributed by atoms with Crippen molar-refractivity contribution in [2.45, 2.75) is 26.2 Å². The normalized spacial score (nSPS) is 13.9. The number of hydrogen-bond acceptors (Lipinski definition) is 1. The third-order valence-electron chi connectivity index (χ3n) is 10.5. The molecule has 0 aliphatic rings. The molecule has 1 nitrogen and oxygen atoms in total. The van der Waals surface area contributed by atoms with Crippen molar-refractivity contribution in [1.82, 2.24) is 0 Å². The van der Waals surface area contributed by atoms with Crippen LogP contribution < -0.4 is 0 Å². The first-order valence-corrected chi connectivity index (χ1v) is 17.9. The summed E-state index contributed by atoms with van der Waals surface area (Å²) in [7, 11) is 0. The number of fused-ring (bicyclic) bond motifs is 6. The Morgan fingerprint density at radius 2 is 1.00 bits per heavy atom. The molecule has 1 heteroatoms. The Kier molecular flexibility index (Phi) is 5.63. The zero-order valence-electron chi connectivity index (χ0n) is 36.6. The number of hydrogen-bond donors (Lipinski definition) is 0. The van der Waals surface area contributed by atoms with E-state index in [0.717, 1.165) is 76.9 Å². The number of rotatable bonds is 4. The van der Waals surface area contributed by atoms with Crippen LogP contribution in [0.4, 0.5) is 0 Å². The average Bonchev–Trinajstić information content (AvgIpc) is 3.63. The monoisotopic (exact) mass is 685 g/mol. The Bertz CT molecular complexity index is 3370. The van der Waals surface area contributed by atoms with E-state index in [-0.39, 0.29) is 39.9 Å². The Balaban J connectivity index is 1.35. The summed E-state index contributed by atoms with van der Waals surface area (Å²) in [4.78, 5) is 0. The van der Waals surface area contributed by atoms with Crippen LogP contribution in [-0.2, 0) is 5.41 Å². The highest BCUT2D eigenvalue weighted by atomic mass is 16.3. The van der Waals surface area contributed by atoms with Crippen molar-refractivity contribution in [2.24, 2.45) is 0 Å². The molecule has 0 amide bonds. The van der Waals surface area contributed by atoms with Crippen LogP contribution in [0, 0.1) is 0 Å². The van der Waals surface area contributed by atoms with Crippen LogP contribution in [0.25, 0.3) is 98.8 Å². The number of benzene rings is 9. The molecule has 0 fully saturated rings. The van der Waals surface area contributed by atoms with E-state index in [1.807, 2.05) is 60.7 Å². The fourth-order valence-electron chi connectivity index (χ4n) is 7.92. The minimum atomic E-state index is -0.490. The first kappa shape index (κ1) is 24.7. The molecule has 0 radical (unpaired) electrons. The molecule has 1 aromatic heterocycles.